The van der Waals surface area contributed by atoms with E-state index in [2.05, 4.69) is 162 Å². The van der Waals surface area contributed by atoms with E-state index in [4.69, 9.17) is 15.0 Å². The Kier molecular flexibility index (Phi) is 6.06. The van der Waals surface area contributed by atoms with Crippen LogP contribution in [0.15, 0.2) is 158 Å². The van der Waals surface area contributed by atoms with Crippen LogP contribution in [0.25, 0.3) is 112 Å². The highest BCUT2D eigenvalue weighted by molar-refractivity contribution is 7.27. The van der Waals surface area contributed by atoms with Gasteiger partial charge in [0.15, 0.2) is 11.6 Å². The van der Waals surface area contributed by atoms with Gasteiger partial charge in [-0.15, -0.1) is 22.7 Å². The topological polar surface area (TPSA) is 43.6 Å². The average Bonchev–Trinajstić information content (AvgIpc) is 3.91. The van der Waals surface area contributed by atoms with E-state index in [0.717, 1.165) is 22.2 Å². The molecule has 0 fully saturated rings. The Morgan fingerprint density at radius 2 is 0.774 bits per heavy atom. The Bertz CT molecular complexity index is 3250. The van der Waals surface area contributed by atoms with Crippen LogP contribution in [0.3, 0.4) is 0 Å². The van der Waals surface area contributed by atoms with Crippen molar-refractivity contribution in [3.63, 3.8) is 0 Å². The lowest BCUT2D eigenvalue weighted by molar-refractivity contribution is 0.955. The van der Waals surface area contributed by atoms with Crippen LogP contribution in [-0.4, -0.2) is 19.5 Å². The van der Waals surface area contributed by atoms with Crippen LogP contribution < -0.4 is 0 Å². The van der Waals surface area contributed by atoms with E-state index in [-0.39, 0.29) is 0 Å². The minimum absolute atomic E-state index is 0.601. The van der Waals surface area contributed by atoms with Crippen LogP contribution in [0, 0.1) is 0 Å². The van der Waals surface area contributed by atoms with Crippen molar-refractivity contribution in [2.45, 2.75) is 0 Å². The summed E-state index contributed by atoms with van der Waals surface area (Å²) >= 11 is 3.67. The molecular formula is C47H26N4S2. The summed E-state index contributed by atoms with van der Waals surface area (Å²) < 4.78 is 7.21. The van der Waals surface area contributed by atoms with Crippen molar-refractivity contribution in [2.24, 2.45) is 0 Å². The summed E-state index contributed by atoms with van der Waals surface area (Å²) in [6, 6.07) is 56.4. The second kappa shape index (κ2) is 11.0. The minimum Gasteiger partial charge on any atom is -0.278 e. The van der Waals surface area contributed by atoms with Gasteiger partial charge in [0.25, 0.3) is 0 Å². The highest BCUT2D eigenvalue weighted by atomic mass is 32.1. The van der Waals surface area contributed by atoms with Gasteiger partial charge in [-0.1, -0.05) is 121 Å². The fourth-order valence-corrected chi connectivity index (χ4v) is 10.8. The van der Waals surface area contributed by atoms with Crippen molar-refractivity contribution in [3.8, 4) is 28.7 Å². The molecule has 4 nitrogen and oxygen atoms in total. The first-order valence-corrected chi connectivity index (χ1v) is 19.3. The zero-order valence-corrected chi connectivity index (χ0v) is 29.7. The number of rotatable bonds is 3. The number of benzene rings is 8. The smallest absolute Gasteiger partial charge is 0.238 e. The molecule has 0 spiro atoms. The number of hydrogen-bond donors (Lipinski definition) is 0. The molecular weight excluding hydrogens is 685 g/mol. The monoisotopic (exact) mass is 710 g/mol. The third-order valence-electron chi connectivity index (χ3n) is 10.6. The zero-order valence-electron chi connectivity index (χ0n) is 28.1. The van der Waals surface area contributed by atoms with E-state index in [1.54, 1.807) is 0 Å². The molecule has 12 rings (SSSR count). The Hall–Kier alpha value is -6.47. The van der Waals surface area contributed by atoms with Crippen LogP contribution in [0.2, 0.25) is 0 Å². The van der Waals surface area contributed by atoms with Gasteiger partial charge in [-0.05, 0) is 57.9 Å². The maximum atomic E-state index is 5.50. The van der Waals surface area contributed by atoms with Crippen molar-refractivity contribution in [1.29, 1.82) is 0 Å². The molecule has 246 valence electrons. The van der Waals surface area contributed by atoms with Crippen molar-refractivity contribution >= 4 is 106 Å². The molecule has 0 N–H and O–H groups in total. The third kappa shape index (κ3) is 4.19. The second-order valence-electron chi connectivity index (χ2n) is 13.5. The van der Waals surface area contributed by atoms with E-state index in [1.807, 2.05) is 22.7 Å². The molecule has 0 radical (unpaired) electrons. The van der Waals surface area contributed by atoms with Gasteiger partial charge < -0.3 is 0 Å². The van der Waals surface area contributed by atoms with Gasteiger partial charge in [0.1, 0.15) is 0 Å². The van der Waals surface area contributed by atoms with E-state index < -0.39 is 0 Å². The average molecular weight is 711 g/mol. The van der Waals surface area contributed by atoms with Gasteiger partial charge in [-0.2, -0.15) is 9.97 Å². The van der Waals surface area contributed by atoms with E-state index in [9.17, 15) is 0 Å². The molecule has 8 aromatic carbocycles. The van der Waals surface area contributed by atoms with Crippen LogP contribution in [-0.2, 0) is 0 Å². The lowest BCUT2D eigenvalue weighted by Crippen LogP contribution is -2.06. The third-order valence-corrected chi connectivity index (χ3v) is 13.0. The highest BCUT2D eigenvalue weighted by Gasteiger charge is 2.23. The largest absolute Gasteiger partial charge is 0.278 e. The molecule has 0 amide bonds. The summed E-state index contributed by atoms with van der Waals surface area (Å²) in [6.07, 6.45) is 0. The summed E-state index contributed by atoms with van der Waals surface area (Å²) in [5, 5.41) is 11.9. The number of nitrogens with zero attached hydrogens (tertiary/aromatic N) is 4. The zero-order chi connectivity index (χ0) is 34.6. The maximum absolute atomic E-state index is 5.50. The first-order chi connectivity index (χ1) is 26.3. The maximum Gasteiger partial charge on any atom is 0.238 e. The molecule has 0 aliphatic rings. The first kappa shape index (κ1) is 29.1. The molecule has 4 aromatic heterocycles. The number of aromatic nitrogens is 4. The predicted molar refractivity (Wildman–Crippen MR) is 226 cm³/mol. The number of thiophene rings is 2. The van der Waals surface area contributed by atoms with Gasteiger partial charge in [0.05, 0.1) is 11.0 Å². The van der Waals surface area contributed by atoms with Crippen molar-refractivity contribution < 1.29 is 0 Å². The van der Waals surface area contributed by atoms with Crippen molar-refractivity contribution in [2.75, 3.05) is 0 Å². The summed E-state index contributed by atoms with van der Waals surface area (Å²) in [6.45, 7) is 0. The van der Waals surface area contributed by atoms with Gasteiger partial charge in [-0.3, -0.25) is 4.57 Å². The quantitative estimate of drug-likeness (QED) is 0.183. The normalized spacial score (nSPS) is 12.2. The van der Waals surface area contributed by atoms with Crippen molar-refractivity contribution in [3.05, 3.63) is 158 Å². The molecule has 0 aliphatic carbocycles. The van der Waals surface area contributed by atoms with Crippen LogP contribution in [0.5, 0.6) is 0 Å². The summed E-state index contributed by atoms with van der Waals surface area (Å²) in [7, 11) is 0. The van der Waals surface area contributed by atoms with Gasteiger partial charge in [0, 0.05) is 62.2 Å². The van der Waals surface area contributed by atoms with Crippen LogP contribution in [0.1, 0.15) is 0 Å². The molecule has 4 heterocycles. The lowest BCUT2D eigenvalue weighted by Gasteiger charge is -2.14. The highest BCUT2D eigenvalue weighted by Crippen LogP contribution is 2.46. The van der Waals surface area contributed by atoms with E-state index in [1.165, 1.54) is 72.7 Å². The number of hydrogen-bond acceptors (Lipinski definition) is 5. The molecule has 0 unspecified atom stereocenters. The molecule has 0 bridgehead atoms. The van der Waals surface area contributed by atoms with E-state index >= 15 is 0 Å². The second-order valence-corrected chi connectivity index (χ2v) is 15.7. The summed E-state index contributed by atoms with van der Waals surface area (Å²) in [4.78, 5) is 16.4. The van der Waals surface area contributed by atoms with Crippen molar-refractivity contribution in [1.82, 2.24) is 19.5 Å². The Balaban J connectivity index is 1.27. The fourth-order valence-electron chi connectivity index (χ4n) is 8.32. The number of para-hydroxylation sites is 2. The molecule has 53 heavy (non-hydrogen) atoms. The van der Waals surface area contributed by atoms with Crippen LogP contribution >= 0.6 is 22.7 Å². The SMILES string of the molecule is c1ccc2c(c1)cc(-c1nc(-c3cc4ccccc4c4sc5ccccc5c34)nc(-n3c4ccccc4c4ccccc43)n1)c1c3ccccc3sc21. The standard InChI is InChI=1S/C47H26N4S2/c1-3-15-29-27(13-1)25-35(41-33-19-7-11-23-39(33)52-43(29)41)45-48-46(50-47(49-45)51-37-21-9-5-17-31(37)32-18-6-10-22-38(32)51)36-26-28-14-2-4-16-30(28)44-42(36)34-20-8-12-24-40(34)53-44/h1-26H. The summed E-state index contributed by atoms with van der Waals surface area (Å²) in [5.74, 6) is 1.92. The molecule has 0 aliphatic heterocycles. The Morgan fingerprint density at radius 1 is 0.377 bits per heavy atom. The van der Waals surface area contributed by atoms with Gasteiger partial charge >= 0.3 is 0 Å². The number of fused-ring (bicyclic) bond motifs is 13. The Morgan fingerprint density at radius 3 is 1.26 bits per heavy atom. The molecule has 12 aromatic rings. The van der Waals surface area contributed by atoms with Gasteiger partial charge in [-0.25, -0.2) is 4.98 Å². The molecule has 6 heteroatoms. The Labute approximate surface area is 310 Å². The molecule has 0 saturated carbocycles. The minimum atomic E-state index is 0.601. The predicted octanol–water partition coefficient (Wildman–Crippen LogP) is 13.3. The lowest BCUT2D eigenvalue weighted by atomic mass is 9.99. The first-order valence-electron chi connectivity index (χ1n) is 17.7. The van der Waals surface area contributed by atoms with Gasteiger partial charge in [0.2, 0.25) is 5.95 Å². The summed E-state index contributed by atoms with van der Waals surface area (Å²) in [5.41, 5.74) is 4.14. The van der Waals surface area contributed by atoms with E-state index in [0.29, 0.717) is 17.6 Å². The van der Waals surface area contributed by atoms with Crippen LogP contribution in [0.4, 0.5) is 0 Å². The molecule has 0 atom stereocenters. The molecule has 0 saturated heterocycles. The fraction of sp³-hybridized carbons (Fsp3) is 0.